The van der Waals surface area contributed by atoms with Crippen molar-refractivity contribution in [2.45, 2.75) is 31.9 Å². The number of rotatable bonds is 8. The van der Waals surface area contributed by atoms with Gasteiger partial charge in [0.15, 0.2) is 0 Å². The lowest BCUT2D eigenvalue weighted by Gasteiger charge is -2.28. The zero-order chi connectivity index (χ0) is 14.3. The predicted octanol–water partition coefficient (Wildman–Crippen LogP) is 1.83. The van der Waals surface area contributed by atoms with Crippen molar-refractivity contribution in [2.75, 3.05) is 19.8 Å². The largest absolute Gasteiger partial charge is 0.491 e. The van der Waals surface area contributed by atoms with E-state index in [4.69, 9.17) is 16.3 Å². The zero-order valence-electron chi connectivity index (χ0n) is 11.4. The molecule has 0 fully saturated rings. The molecule has 3 N–H and O–H groups in total. The summed E-state index contributed by atoms with van der Waals surface area (Å²) in [5.41, 5.74) is -0.360. The molecule has 2 atom stereocenters. The van der Waals surface area contributed by atoms with Gasteiger partial charge in [-0.05, 0) is 37.6 Å². The van der Waals surface area contributed by atoms with Crippen molar-refractivity contribution in [3.05, 3.63) is 29.3 Å². The summed E-state index contributed by atoms with van der Waals surface area (Å²) in [5.74, 6) is 0.670. The van der Waals surface area contributed by atoms with Crippen LogP contribution < -0.4 is 10.1 Å². The van der Waals surface area contributed by atoms with Gasteiger partial charge in [-0.25, -0.2) is 0 Å². The molecule has 0 saturated heterocycles. The number of aliphatic hydroxyl groups excluding tert-OH is 2. The van der Waals surface area contributed by atoms with Crippen molar-refractivity contribution in [3.8, 4) is 5.75 Å². The maximum Gasteiger partial charge on any atom is 0.119 e. The van der Waals surface area contributed by atoms with Gasteiger partial charge in [-0.2, -0.15) is 0 Å². The smallest absolute Gasteiger partial charge is 0.119 e. The molecule has 1 rings (SSSR count). The third-order valence-corrected chi connectivity index (χ3v) is 3.40. The van der Waals surface area contributed by atoms with Crippen molar-refractivity contribution in [1.29, 1.82) is 0 Å². The quantitative estimate of drug-likeness (QED) is 0.683. The molecule has 19 heavy (non-hydrogen) atoms. The minimum Gasteiger partial charge on any atom is -0.491 e. The van der Waals surface area contributed by atoms with Gasteiger partial charge in [0, 0.05) is 17.1 Å². The number of hydrogen-bond acceptors (Lipinski definition) is 4. The average Bonchev–Trinajstić information content (AvgIpc) is 2.44. The zero-order valence-corrected chi connectivity index (χ0v) is 12.2. The molecule has 0 bridgehead atoms. The van der Waals surface area contributed by atoms with Crippen LogP contribution >= 0.6 is 11.6 Å². The molecule has 0 aromatic heterocycles. The first-order valence-corrected chi connectivity index (χ1v) is 6.79. The second-order valence-electron chi connectivity index (χ2n) is 4.87. The minimum atomic E-state index is -0.631. The molecule has 0 aliphatic heterocycles. The summed E-state index contributed by atoms with van der Waals surface area (Å²) in [4.78, 5) is 0. The van der Waals surface area contributed by atoms with Gasteiger partial charge in [-0.1, -0.05) is 18.5 Å². The fourth-order valence-electron chi connectivity index (χ4n) is 1.44. The van der Waals surface area contributed by atoms with Crippen molar-refractivity contribution in [1.82, 2.24) is 5.32 Å². The van der Waals surface area contributed by atoms with Gasteiger partial charge in [0.05, 0.1) is 6.61 Å². The Hall–Kier alpha value is -0.810. The summed E-state index contributed by atoms with van der Waals surface area (Å²) in [7, 11) is 0. The first kappa shape index (κ1) is 16.2. The molecular formula is C14H22ClNO3. The van der Waals surface area contributed by atoms with E-state index < -0.39 is 6.10 Å². The molecule has 1 aromatic carbocycles. The second kappa shape index (κ2) is 7.70. The van der Waals surface area contributed by atoms with E-state index >= 15 is 0 Å². The molecule has 4 nitrogen and oxygen atoms in total. The Morgan fingerprint density at radius 3 is 2.53 bits per heavy atom. The fourth-order valence-corrected chi connectivity index (χ4v) is 1.57. The van der Waals surface area contributed by atoms with E-state index in [1.807, 2.05) is 13.8 Å². The van der Waals surface area contributed by atoms with E-state index in [2.05, 4.69) is 5.32 Å². The summed E-state index contributed by atoms with van der Waals surface area (Å²) in [6.07, 6.45) is 0.155. The van der Waals surface area contributed by atoms with Crippen molar-refractivity contribution >= 4 is 11.6 Å². The minimum absolute atomic E-state index is 0.0360. The van der Waals surface area contributed by atoms with E-state index in [0.29, 0.717) is 17.3 Å². The number of nitrogens with one attached hydrogen (secondary N) is 1. The van der Waals surface area contributed by atoms with Crippen LogP contribution in [0.2, 0.25) is 5.02 Å². The topological polar surface area (TPSA) is 61.7 Å². The number of aliphatic hydroxyl groups is 2. The number of halogens is 1. The maximum atomic E-state index is 9.82. The molecule has 0 spiro atoms. The summed E-state index contributed by atoms with van der Waals surface area (Å²) < 4.78 is 5.44. The highest BCUT2D eigenvalue weighted by Crippen LogP contribution is 2.15. The Labute approximate surface area is 119 Å². The van der Waals surface area contributed by atoms with Gasteiger partial charge in [-0.3, -0.25) is 0 Å². The lowest BCUT2D eigenvalue weighted by molar-refractivity contribution is 0.0866. The molecular weight excluding hydrogens is 266 g/mol. The Morgan fingerprint density at radius 2 is 2.00 bits per heavy atom. The molecule has 0 radical (unpaired) electrons. The van der Waals surface area contributed by atoms with Gasteiger partial charge in [0.1, 0.15) is 18.5 Å². The first-order valence-electron chi connectivity index (χ1n) is 6.41. The van der Waals surface area contributed by atoms with E-state index in [-0.39, 0.29) is 18.8 Å². The fraction of sp³-hybridized carbons (Fsp3) is 0.571. The Kier molecular flexibility index (Phi) is 6.58. The summed E-state index contributed by atoms with van der Waals surface area (Å²) in [6.45, 7) is 4.51. The highest BCUT2D eigenvalue weighted by molar-refractivity contribution is 6.30. The lowest BCUT2D eigenvalue weighted by Crippen LogP contribution is -2.49. The van der Waals surface area contributed by atoms with Crippen LogP contribution in [-0.4, -0.2) is 41.6 Å². The van der Waals surface area contributed by atoms with E-state index in [9.17, 15) is 10.2 Å². The number of ether oxygens (including phenoxy) is 1. The Morgan fingerprint density at radius 1 is 1.37 bits per heavy atom. The first-order chi connectivity index (χ1) is 8.99. The van der Waals surface area contributed by atoms with E-state index in [1.165, 1.54) is 0 Å². The van der Waals surface area contributed by atoms with Crippen LogP contribution in [0.5, 0.6) is 5.75 Å². The normalized spacial score (nSPS) is 15.8. The van der Waals surface area contributed by atoms with E-state index in [1.54, 1.807) is 24.3 Å². The third kappa shape index (κ3) is 5.78. The molecule has 0 heterocycles. The van der Waals surface area contributed by atoms with Crippen LogP contribution in [0.25, 0.3) is 0 Å². The van der Waals surface area contributed by atoms with Crippen LogP contribution in [0.1, 0.15) is 20.3 Å². The van der Waals surface area contributed by atoms with Crippen molar-refractivity contribution in [2.24, 2.45) is 0 Å². The highest BCUT2D eigenvalue weighted by Gasteiger charge is 2.21. The summed E-state index contributed by atoms with van der Waals surface area (Å²) in [6, 6.07) is 6.99. The maximum absolute atomic E-state index is 9.82. The standard InChI is InChI=1S/C14H22ClNO3/c1-3-14(2,10-17)16-8-12(18)9-19-13-6-4-11(15)5-7-13/h4-7,12,16-18H,3,8-10H2,1-2H3. The molecule has 0 aliphatic rings. The number of hydrogen-bond donors (Lipinski definition) is 3. The molecule has 0 aliphatic carbocycles. The van der Waals surface area contributed by atoms with Gasteiger partial charge >= 0.3 is 0 Å². The molecule has 0 amide bonds. The average molecular weight is 288 g/mol. The second-order valence-corrected chi connectivity index (χ2v) is 5.31. The van der Waals surface area contributed by atoms with E-state index in [0.717, 1.165) is 6.42 Å². The van der Waals surface area contributed by atoms with Gasteiger partial charge < -0.3 is 20.3 Å². The Balaban J connectivity index is 2.31. The summed E-state index contributed by atoms with van der Waals surface area (Å²) in [5, 5.41) is 22.9. The van der Waals surface area contributed by atoms with Crippen LogP contribution in [0.4, 0.5) is 0 Å². The predicted molar refractivity (Wildman–Crippen MR) is 76.7 cm³/mol. The van der Waals surface area contributed by atoms with Crippen LogP contribution in [0.15, 0.2) is 24.3 Å². The Bertz CT molecular complexity index is 365. The van der Waals surface area contributed by atoms with Crippen molar-refractivity contribution < 1.29 is 14.9 Å². The summed E-state index contributed by atoms with van der Waals surface area (Å²) >= 11 is 5.77. The van der Waals surface area contributed by atoms with Gasteiger partial charge in [-0.15, -0.1) is 0 Å². The highest BCUT2D eigenvalue weighted by atomic mass is 35.5. The van der Waals surface area contributed by atoms with Crippen LogP contribution in [-0.2, 0) is 0 Å². The van der Waals surface area contributed by atoms with Gasteiger partial charge in [0.25, 0.3) is 0 Å². The monoisotopic (exact) mass is 287 g/mol. The SMILES string of the molecule is CCC(C)(CO)NCC(O)COc1ccc(Cl)cc1. The van der Waals surface area contributed by atoms with Crippen LogP contribution in [0.3, 0.4) is 0 Å². The number of benzene rings is 1. The lowest BCUT2D eigenvalue weighted by atomic mass is 10.0. The van der Waals surface area contributed by atoms with Crippen molar-refractivity contribution in [3.63, 3.8) is 0 Å². The number of β-amino-alcohol motifs (C(OH)–C–C–N with tert-alkyl or cyclic N) is 1. The molecule has 1 aromatic rings. The van der Waals surface area contributed by atoms with Crippen LogP contribution in [0, 0.1) is 0 Å². The molecule has 5 heteroatoms. The molecule has 108 valence electrons. The van der Waals surface area contributed by atoms with Gasteiger partial charge in [0.2, 0.25) is 0 Å². The molecule has 0 saturated carbocycles. The third-order valence-electron chi connectivity index (χ3n) is 3.15. The molecule has 2 unspecified atom stereocenters.